The first-order valence-corrected chi connectivity index (χ1v) is 12.6. The Labute approximate surface area is 228 Å². The Kier molecular flexibility index (Phi) is 7.54. The number of hydrogen-bond acceptors (Lipinski definition) is 2. The quantitative estimate of drug-likeness (QED) is 0.170. The Morgan fingerprint density at radius 1 is 0.941 bits per heavy atom. The fourth-order valence-corrected chi connectivity index (χ4v) is 5.53. The van der Waals surface area contributed by atoms with E-state index in [-0.39, 0.29) is 28.6 Å². The molecule has 2 atom stereocenters. The molecule has 0 spiro atoms. The van der Waals surface area contributed by atoms with Gasteiger partial charge in [-0.25, -0.2) is 4.39 Å². The zero-order chi connectivity index (χ0) is 24.8. The number of halogens is 7. The van der Waals surface area contributed by atoms with Crippen molar-refractivity contribution in [2.75, 3.05) is 5.32 Å². The van der Waals surface area contributed by atoms with Crippen LogP contribution < -0.4 is 5.32 Å². The summed E-state index contributed by atoms with van der Waals surface area (Å²) in [6, 6.07) is 13.5. The van der Waals surface area contributed by atoms with Crippen molar-refractivity contribution in [3.63, 3.8) is 0 Å². The van der Waals surface area contributed by atoms with Gasteiger partial charge in [0.2, 0.25) is 5.91 Å². The van der Waals surface area contributed by atoms with E-state index < -0.39 is 22.1 Å². The lowest BCUT2D eigenvalue weighted by Crippen LogP contribution is -2.17. The van der Waals surface area contributed by atoms with Crippen LogP contribution in [0.1, 0.15) is 27.4 Å². The molecule has 0 radical (unpaired) electrons. The molecule has 34 heavy (non-hydrogen) atoms. The second kappa shape index (κ2) is 9.96. The molecule has 0 bridgehead atoms. The van der Waals surface area contributed by atoms with Crippen LogP contribution in [0.2, 0.25) is 15.1 Å². The van der Waals surface area contributed by atoms with E-state index in [1.165, 1.54) is 36.4 Å². The van der Waals surface area contributed by atoms with Crippen LogP contribution in [0.25, 0.3) is 0 Å². The Balaban J connectivity index is 1.51. The van der Waals surface area contributed by atoms with Crippen molar-refractivity contribution in [3.05, 3.63) is 96.6 Å². The second-order valence-corrected chi connectivity index (χ2v) is 11.3. The van der Waals surface area contributed by atoms with Gasteiger partial charge in [0.1, 0.15) is 10.2 Å². The molecule has 0 heterocycles. The topological polar surface area (TPSA) is 46.2 Å². The van der Waals surface area contributed by atoms with E-state index >= 15 is 0 Å². The normalized spacial score (nSPS) is 18.4. The summed E-state index contributed by atoms with van der Waals surface area (Å²) < 4.78 is 12.3. The molecule has 3 aromatic rings. The Bertz CT molecular complexity index is 1280. The molecule has 1 amide bonds. The number of carbonyl (C=O) groups excluding carboxylic acids is 2. The lowest BCUT2D eigenvalue weighted by molar-refractivity contribution is -0.117. The predicted molar refractivity (Wildman–Crippen MR) is 139 cm³/mol. The van der Waals surface area contributed by atoms with Crippen molar-refractivity contribution in [2.24, 2.45) is 5.92 Å². The number of nitrogens with one attached hydrogen (secondary N) is 1. The van der Waals surface area contributed by atoms with Gasteiger partial charge in [0.25, 0.3) is 0 Å². The predicted octanol–water partition coefficient (Wildman–Crippen LogP) is 8.50. The number of rotatable bonds is 6. The molecule has 0 aromatic heterocycles. The molecule has 2 unspecified atom stereocenters. The number of carbonyl (C=O) groups is 2. The van der Waals surface area contributed by atoms with Crippen molar-refractivity contribution < 1.29 is 14.0 Å². The van der Waals surface area contributed by atoms with Crippen LogP contribution in [0.15, 0.2) is 59.1 Å². The molecular weight excluding hydrogens is 610 g/mol. The van der Waals surface area contributed by atoms with E-state index in [1.54, 1.807) is 18.2 Å². The summed E-state index contributed by atoms with van der Waals surface area (Å²) in [4.78, 5) is 25.8. The highest BCUT2D eigenvalue weighted by molar-refractivity contribution is 9.10. The van der Waals surface area contributed by atoms with Crippen LogP contribution in [0.3, 0.4) is 0 Å². The number of anilines is 1. The molecule has 1 aliphatic rings. The lowest BCUT2D eigenvalue weighted by Gasteiger charge is -2.09. The molecule has 0 aliphatic heterocycles. The van der Waals surface area contributed by atoms with Gasteiger partial charge >= 0.3 is 0 Å². The monoisotopic (exact) mass is 621 g/mol. The lowest BCUT2D eigenvalue weighted by atomic mass is 10.0. The zero-order valence-corrected chi connectivity index (χ0v) is 22.4. The molecule has 1 saturated carbocycles. The standard InChI is InChI=1S/C24H14BrCl5FNO2/c25-22-17(27)8-12(9-18(22)28)20-21(24(20,29)30)23(34)32-14-5-6-16(26)15(10-14)19(33)7-11-1-3-13(31)4-2-11/h1-6,8-10,20-21H,7H2,(H,32,34). The number of amides is 1. The smallest absolute Gasteiger partial charge is 0.231 e. The van der Waals surface area contributed by atoms with Gasteiger partial charge in [-0.15, -0.1) is 23.2 Å². The van der Waals surface area contributed by atoms with Gasteiger partial charge in [0.05, 0.1) is 25.5 Å². The molecule has 4 rings (SSSR count). The van der Waals surface area contributed by atoms with Gasteiger partial charge in [0.15, 0.2) is 5.78 Å². The number of Topliss-reactive ketones (excluding diaryl/α,β-unsaturated/α-hetero) is 1. The van der Waals surface area contributed by atoms with Crippen LogP contribution in [-0.2, 0) is 11.2 Å². The molecule has 1 N–H and O–H groups in total. The Morgan fingerprint density at radius 3 is 2.18 bits per heavy atom. The first-order valence-electron chi connectivity index (χ1n) is 9.89. The minimum Gasteiger partial charge on any atom is -0.326 e. The highest BCUT2D eigenvalue weighted by Crippen LogP contribution is 2.65. The highest BCUT2D eigenvalue weighted by Gasteiger charge is 2.67. The van der Waals surface area contributed by atoms with E-state index in [4.69, 9.17) is 58.0 Å². The van der Waals surface area contributed by atoms with Gasteiger partial charge < -0.3 is 5.32 Å². The van der Waals surface area contributed by atoms with Crippen molar-refractivity contribution in [2.45, 2.75) is 16.7 Å². The van der Waals surface area contributed by atoms with Crippen LogP contribution in [0, 0.1) is 11.7 Å². The van der Waals surface area contributed by atoms with E-state index in [0.717, 1.165) is 0 Å². The maximum atomic E-state index is 13.1. The molecule has 1 aliphatic carbocycles. The fraction of sp³-hybridized carbons (Fsp3) is 0.167. The van der Waals surface area contributed by atoms with Crippen LogP contribution in [0.4, 0.5) is 10.1 Å². The van der Waals surface area contributed by atoms with Gasteiger partial charge in [-0.05, 0) is 69.5 Å². The minimum absolute atomic E-state index is 0.0274. The summed E-state index contributed by atoms with van der Waals surface area (Å²) in [6.45, 7) is 0. The zero-order valence-electron chi connectivity index (χ0n) is 17.0. The summed E-state index contributed by atoms with van der Waals surface area (Å²) in [7, 11) is 0. The first-order chi connectivity index (χ1) is 16.0. The SMILES string of the molecule is O=C(Cc1ccc(F)cc1)c1cc(NC(=O)C2C(c3cc(Cl)c(Br)c(Cl)c3)C2(Cl)Cl)ccc1Cl. The summed E-state index contributed by atoms with van der Waals surface area (Å²) in [6.07, 6.45) is 0.0274. The molecule has 176 valence electrons. The van der Waals surface area contributed by atoms with Crippen molar-refractivity contribution in [1.82, 2.24) is 0 Å². The third-order valence-corrected chi connectivity index (χ3v) is 8.69. The van der Waals surface area contributed by atoms with Gasteiger partial charge in [0, 0.05) is 23.6 Å². The average molecular weight is 625 g/mol. The third kappa shape index (κ3) is 5.25. The number of ketones is 1. The molecule has 3 aromatic carbocycles. The molecule has 0 saturated heterocycles. The van der Waals surface area contributed by atoms with Crippen LogP contribution in [-0.4, -0.2) is 16.0 Å². The van der Waals surface area contributed by atoms with E-state index in [0.29, 0.717) is 31.3 Å². The van der Waals surface area contributed by atoms with E-state index in [9.17, 15) is 14.0 Å². The van der Waals surface area contributed by atoms with E-state index in [1.807, 2.05) is 0 Å². The van der Waals surface area contributed by atoms with Crippen LogP contribution in [0.5, 0.6) is 0 Å². The van der Waals surface area contributed by atoms with Gasteiger partial charge in [-0.2, -0.15) is 0 Å². The van der Waals surface area contributed by atoms with Gasteiger partial charge in [-0.3, -0.25) is 9.59 Å². The minimum atomic E-state index is -1.35. The Hall–Kier alpha value is -1.34. The Morgan fingerprint density at radius 2 is 1.56 bits per heavy atom. The first kappa shape index (κ1) is 25.7. The molecule has 1 fully saturated rings. The summed E-state index contributed by atoms with van der Waals surface area (Å²) in [5, 5.41) is 3.73. The number of benzene rings is 3. The van der Waals surface area contributed by atoms with Crippen molar-refractivity contribution in [1.29, 1.82) is 0 Å². The van der Waals surface area contributed by atoms with Crippen molar-refractivity contribution >= 4 is 91.3 Å². The number of alkyl halides is 2. The summed E-state index contributed by atoms with van der Waals surface area (Å²) >= 11 is 34.7. The summed E-state index contributed by atoms with van der Waals surface area (Å²) in [5.41, 5.74) is 1.86. The van der Waals surface area contributed by atoms with Crippen LogP contribution >= 0.6 is 73.9 Å². The molecule has 10 heteroatoms. The fourth-order valence-electron chi connectivity index (χ4n) is 3.74. The van der Waals surface area contributed by atoms with Gasteiger partial charge in [-0.1, -0.05) is 46.9 Å². The second-order valence-electron chi connectivity index (χ2n) is 7.84. The number of hydrogen-bond donors (Lipinski definition) is 1. The maximum absolute atomic E-state index is 13.1. The molecule has 3 nitrogen and oxygen atoms in total. The van der Waals surface area contributed by atoms with E-state index in [2.05, 4.69) is 21.2 Å². The average Bonchev–Trinajstić information content (AvgIpc) is 3.36. The van der Waals surface area contributed by atoms with Crippen molar-refractivity contribution in [3.8, 4) is 0 Å². The third-order valence-electron chi connectivity index (χ3n) is 5.51. The maximum Gasteiger partial charge on any atom is 0.231 e. The highest BCUT2D eigenvalue weighted by atomic mass is 79.9. The largest absolute Gasteiger partial charge is 0.326 e. The summed E-state index contributed by atoms with van der Waals surface area (Å²) in [5.74, 6) is -2.38. The molecular formula is C24H14BrCl5FNO2.